The number of hydrogen-bond donors (Lipinski definition) is 2. The maximum absolute atomic E-state index is 12.3. The van der Waals surface area contributed by atoms with E-state index in [0.717, 1.165) is 38.7 Å². The quantitative estimate of drug-likeness (QED) is 0.797. The third kappa shape index (κ3) is 2.36. The van der Waals surface area contributed by atoms with E-state index in [1.807, 2.05) is 0 Å². The lowest BCUT2D eigenvalue weighted by Crippen LogP contribution is -2.43. The van der Waals surface area contributed by atoms with Crippen LogP contribution >= 0.6 is 0 Å². The summed E-state index contributed by atoms with van der Waals surface area (Å²) < 4.78 is 5.47. The first-order chi connectivity index (χ1) is 9.16. The van der Waals surface area contributed by atoms with Crippen molar-refractivity contribution in [2.75, 3.05) is 13.2 Å². The Labute approximate surface area is 112 Å². The highest BCUT2D eigenvalue weighted by Crippen LogP contribution is 2.52. The number of carbonyl (C=O) groups is 2. The second-order valence-electron chi connectivity index (χ2n) is 6.10. The smallest absolute Gasteiger partial charge is 0.307 e. The molecule has 1 saturated heterocycles. The fraction of sp³-hybridized carbons (Fsp3) is 0.857. The summed E-state index contributed by atoms with van der Waals surface area (Å²) in [6.07, 6.45) is 5.04. The van der Waals surface area contributed by atoms with Gasteiger partial charge in [0.15, 0.2) is 0 Å². The monoisotopic (exact) mass is 267 g/mol. The highest BCUT2D eigenvalue weighted by Gasteiger charge is 2.53. The predicted molar refractivity (Wildman–Crippen MR) is 67.4 cm³/mol. The molecule has 19 heavy (non-hydrogen) atoms. The van der Waals surface area contributed by atoms with Crippen molar-refractivity contribution >= 4 is 11.9 Å². The topological polar surface area (TPSA) is 75.6 Å². The largest absolute Gasteiger partial charge is 0.481 e. The Hall–Kier alpha value is -1.10. The Balaban J connectivity index is 1.60. The molecule has 3 fully saturated rings. The third-order valence-corrected chi connectivity index (χ3v) is 5.03. The molecule has 2 saturated carbocycles. The van der Waals surface area contributed by atoms with Crippen molar-refractivity contribution in [3.8, 4) is 0 Å². The van der Waals surface area contributed by atoms with Gasteiger partial charge in [-0.1, -0.05) is 0 Å². The van der Waals surface area contributed by atoms with Crippen LogP contribution in [0.1, 0.15) is 32.1 Å². The SMILES string of the molecule is O=C(O)[C@H]1[C@@H]2CC[C@@H](C2)[C@@H]1C(=O)NC[C@@H]1CCCO1. The first-order valence-electron chi connectivity index (χ1n) is 7.29. The van der Waals surface area contributed by atoms with Crippen molar-refractivity contribution in [2.24, 2.45) is 23.7 Å². The van der Waals surface area contributed by atoms with E-state index in [-0.39, 0.29) is 29.8 Å². The van der Waals surface area contributed by atoms with E-state index in [1.165, 1.54) is 0 Å². The summed E-state index contributed by atoms with van der Waals surface area (Å²) in [6.45, 7) is 1.30. The normalized spacial score (nSPS) is 40.5. The van der Waals surface area contributed by atoms with Crippen LogP contribution in [0.5, 0.6) is 0 Å². The van der Waals surface area contributed by atoms with E-state index in [2.05, 4.69) is 5.32 Å². The number of rotatable bonds is 4. The molecular weight excluding hydrogens is 246 g/mol. The molecule has 0 aromatic heterocycles. The van der Waals surface area contributed by atoms with Gasteiger partial charge in [0.2, 0.25) is 5.91 Å². The summed E-state index contributed by atoms with van der Waals surface area (Å²) in [5.41, 5.74) is 0. The van der Waals surface area contributed by atoms with Gasteiger partial charge in [0.1, 0.15) is 0 Å². The molecule has 1 amide bonds. The van der Waals surface area contributed by atoms with E-state index in [9.17, 15) is 14.7 Å². The lowest BCUT2D eigenvalue weighted by molar-refractivity contribution is -0.149. The molecule has 0 unspecified atom stereocenters. The number of carboxylic acids is 1. The van der Waals surface area contributed by atoms with Crippen LogP contribution in [0.4, 0.5) is 0 Å². The zero-order chi connectivity index (χ0) is 13.4. The van der Waals surface area contributed by atoms with Crippen LogP contribution in [-0.2, 0) is 14.3 Å². The van der Waals surface area contributed by atoms with Crippen LogP contribution in [0.15, 0.2) is 0 Å². The van der Waals surface area contributed by atoms with Gasteiger partial charge in [-0.05, 0) is 43.9 Å². The van der Waals surface area contributed by atoms with Gasteiger partial charge in [-0.2, -0.15) is 0 Å². The van der Waals surface area contributed by atoms with E-state index in [1.54, 1.807) is 0 Å². The first-order valence-corrected chi connectivity index (χ1v) is 7.29. The number of carboxylic acid groups (broad SMARTS) is 1. The van der Waals surface area contributed by atoms with Crippen molar-refractivity contribution in [2.45, 2.75) is 38.2 Å². The predicted octanol–water partition coefficient (Wildman–Crippen LogP) is 1.03. The molecule has 106 valence electrons. The Morgan fingerprint density at radius 1 is 1.16 bits per heavy atom. The molecule has 0 aromatic carbocycles. The molecule has 2 bridgehead atoms. The number of amides is 1. The zero-order valence-corrected chi connectivity index (χ0v) is 11.0. The van der Waals surface area contributed by atoms with Gasteiger partial charge >= 0.3 is 5.97 Å². The standard InChI is InChI=1S/C14H21NO4/c16-13(15-7-10-2-1-5-19-10)11-8-3-4-9(6-8)12(11)14(17)18/h8-12H,1-7H2,(H,15,16)(H,17,18)/t8-,9+,10-,11-,12-/m0/s1. The summed E-state index contributed by atoms with van der Waals surface area (Å²) in [5, 5.41) is 12.2. The van der Waals surface area contributed by atoms with Crippen LogP contribution in [0.25, 0.3) is 0 Å². The summed E-state index contributed by atoms with van der Waals surface area (Å²) in [5.74, 6) is -1.18. The second kappa shape index (κ2) is 5.12. The molecule has 0 aromatic rings. The average Bonchev–Trinajstić information content (AvgIpc) is 3.10. The molecule has 5 atom stereocenters. The van der Waals surface area contributed by atoms with Crippen molar-refractivity contribution in [3.05, 3.63) is 0 Å². The molecule has 5 nitrogen and oxygen atoms in total. The maximum Gasteiger partial charge on any atom is 0.307 e. The molecule has 1 heterocycles. The van der Waals surface area contributed by atoms with Crippen molar-refractivity contribution < 1.29 is 19.4 Å². The first kappa shape index (κ1) is 12.9. The van der Waals surface area contributed by atoms with Crippen LogP contribution in [0.2, 0.25) is 0 Å². The molecule has 2 N–H and O–H groups in total. The maximum atomic E-state index is 12.3. The lowest BCUT2D eigenvalue weighted by Gasteiger charge is -2.27. The number of carbonyl (C=O) groups excluding carboxylic acids is 1. The summed E-state index contributed by atoms with van der Waals surface area (Å²) in [4.78, 5) is 23.6. The molecule has 5 heteroatoms. The summed E-state index contributed by atoms with van der Waals surface area (Å²) in [7, 11) is 0. The summed E-state index contributed by atoms with van der Waals surface area (Å²) >= 11 is 0. The number of fused-ring (bicyclic) bond motifs is 2. The molecule has 0 radical (unpaired) electrons. The van der Waals surface area contributed by atoms with E-state index in [0.29, 0.717) is 6.54 Å². The highest BCUT2D eigenvalue weighted by atomic mass is 16.5. The van der Waals surface area contributed by atoms with E-state index in [4.69, 9.17) is 4.74 Å². The summed E-state index contributed by atoms with van der Waals surface area (Å²) in [6, 6.07) is 0. The molecule has 1 aliphatic heterocycles. The van der Waals surface area contributed by atoms with E-state index >= 15 is 0 Å². The van der Waals surface area contributed by atoms with Crippen LogP contribution < -0.4 is 5.32 Å². The van der Waals surface area contributed by atoms with Crippen LogP contribution in [0, 0.1) is 23.7 Å². The Morgan fingerprint density at radius 3 is 2.53 bits per heavy atom. The number of nitrogens with one attached hydrogen (secondary N) is 1. The number of aliphatic carboxylic acids is 1. The molecule has 0 spiro atoms. The van der Waals surface area contributed by atoms with Gasteiger partial charge in [0, 0.05) is 13.2 Å². The van der Waals surface area contributed by atoms with Crippen LogP contribution in [-0.4, -0.2) is 36.2 Å². The minimum Gasteiger partial charge on any atom is -0.481 e. The fourth-order valence-corrected chi connectivity index (χ4v) is 4.16. The molecule has 3 aliphatic rings. The van der Waals surface area contributed by atoms with E-state index < -0.39 is 11.9 Å². The van der Waals surface area contributed by atoms with Crippen LogP contribution in [0.3, 0.4) is 0 Å². The van der Waals surface area contributed by atoms with Gasteiger partial charge < -0.3 is 15.2 Å². The van der Waals surface area contributed by atoms with Gasteiger partial charge in [0.05, 0.1) is 17.9 Å². The number of ether oxygens (including phenoxy) is 1. The van der Waals surface area contributed by atoms with Crippen molar-refractivity contribution in [1.29, 1.82) is 0 Å². The third-order valence-electron chi connectivity index (χ3n) is 5.03. The highest BCUT2D eigenvalue weighted by molar-refractivity contribution is 5.86. The van der Waals surface area contributed by atoms with Gasteiger partial charge in [-0.15, -0.1) is 0 Å². The Bertz CT molecular complexity index is 378. The minimum atomic E-state index is -0.801. The average molecular weight is 267 g/mol. The fourth-order valence-electron chi connectivity index (χ4n) is 4.16. The van der Waals surface area contributed by atoms with Crippen molar-refractivity contribution in [1.82, 2.24) is 5.32 Å². The lowest BCUT2D eigenvalue weighted by atomic mass is 9.78. The molecular formula is C14H21NO4. The van der Waals surface area contributed by atoms with Gasteiger partial charge in [-0.25, -0.2) is 0 Å². The minimum absolute atomic E-state index is 0.0740. The second-order valence-corrected chi connectivity index (χ2v) is 6.10. The Kier molecular flexibility index (Phi) is 3.48. The Morgan fingerprint density at radius 2 is 1.89 bits per heavy atom. The number of hydrogen-bond acceptors (Lipinski definition) is 3. The molecule has 3 rings (SSSR count). The zero-order valence-electron chi connectivity index (χ0n) is 11.0. The van der Waals surface area contributed by atoms with Crippen molar-refractivity contribution in [3.63, 3.8) is 0 Å². The van der Waals surface area contributed by atoms with Gasteiger partial charge in [0.25, 0.3) is 0 Å². The van der Waals surface area contributed by atoms with Gasteiger partial charge in [-0.3, -0.25) is 9.59 Å². The molecule has 2 aliphatic carbocycles.